The van der Waals surface area contributed by atoms with Crippen molar-refractivity contribution in [1.82, 2.24) is 19.7 Å². The summed E-state index contributed by atoms with van der Waals surface area (Å²) in [6.07, 6.45) is 1.41. The Morgan fingerprint density at radius 1 is 1.16 bits per heavy atom. The standard InChI is InChI=1S/C16H12F3N5O/c17-16(18,19)12-4-1-3-11(7-12)8-14(25)23-13-9-20-15(21-10-13)24-6-2-5-22-24/h1-7,9-10H,8H2,(H,23,25). The molecule has 0 aliphatic rings. The van der Waals surface area contributed by atoms with Crippen LogP contribution in [0.1, 0.15) is 11.1 Å². The molecule has 3 aromatic rings. The summed E-state index contributed by atoms with van der Waals surface area (Å²) in [4.78, 5) is 20.1. The van der Waals surface area contributed by atoms with Gasteiger partial charge in [0.15, 0.2) is 0 Å². The zero-order chi connectivity index (χ0) is 17.9. The lowest BCUT2D eigenvalue weighted by molar-refractivity contribution is -0.137. The van der Waals surface area contributed by atoms with Gasteiger partial charge in [-0.3, -0.25) is 4.79 Å². The number of halogens is 3. The van der Waals surface area contributed by atoms with Crippen molar-refractivity contribution in [2.24, 2.45) is 0 Å². The van der Waals surface area contributed by atoms with E-state index in [2.05, 4.69) is 20.4 Å². The summed E-state index contributed by atoms with van der Waals surface area (Å²) in [5, 5.41) is 6.52. The van der Waals surface area contributed by atoms with Crippen molar-refractivity contribution < 1.29 is 18.0 Å². The maximum absolute atomic E-state index is 12.7. The Morgan fingerprint density at radius 2 is 1.92 bits per heavy atom. The van der Waals surface area contributed by atoms with Crippen LogP contribution < -0.4 is 5.32 Å². The predicted octanol–water partition coefficient (Wildman–Crippen LogP) is 2.86. The number of carbonyl (C=O) groups excluding carboxylic acids is 1. The summed E-state index contributed by atoms with van der Waals surface area (Å²) < 4.78 is 39.5. The largest absolute Gasteiger partial charge is 0.416 e. The number of benzene rings is 1. The second-order valence-corrected chi connectivity index (χ2v) is 5.15. The lowest BCUT2D eigenvalue weighted by Crippen LogP contribution is -2.16. The highest BCUT2D eigenvalue weighted by atomic mass is 19.4. The zero-order valence-corrected chi connectivity index (χ0v) is 12.7. The summed E-state index contributed by atoms with van der Waals surface area (Å²) in [5.74, 6) is -0.129. The molecule has 0 atom stereocenters. The third-order valence-electron chi connectivity index (χ3n) is 3.25. The first kappa shape index (κ1) is 16.6. The van der Waals surface area contributed by atoms with Crippen molar-refractivity contribution in [1.29, 1.82) is 0 Å². The quantitative estimate of drug-likeness (QED) is 0.788. The number of amides is 1. The van der Waals surface area contributed by atoms with E-state index in [4.69, 9.17) is 0 Å². The van der Waals surface area contributed by atoms with Gasteiger partial charge in [0.05, 0.1) is 30.1 Å². The van der Waals surface area contributed by atoms with Crippen molar-refractivity contribution in [3.05, 3.63) is 66.2 Å². The molecule has 0 unspecified atom stereocenters. The highest BCUT2D eigenvalue weighted by Crippen LogP contribution is 2.29. The maximum atomic E-state index is 12.7. The molecule has 1 amide bonds. The molecular weight excluding hydrogens is 335 g/mol. The molecule has 2 aromatic heterocycles. The molecular formula is C16H12F3N5O. The first-order valence-electron chi connectivity index (χ1n) is 7.20. The highest BCUT2D eigenvalue weighted by molar-refractivity contribution is 5.91. The molecule has 0 radical (unpaired) electrons. The molecule has 0 bridgehead atoms. The first-order valence-corrected chi connectivity index (χ1v) is 7.20. The molecule has 9 heteroatoms. The van der Waals surface area contributed by atoms with Gasteiger partial charge < -0.3 is 5.32 Å². The Morgan fingerprint density at radius 3 is 2.56 bits per heavy atom. The second-order valence-electron chi connectivity index (χ2n) is 5.15. The Bertz CT molecular complexity index is 860. The number of hydrogen-bond donors (Lipinski definition) is 1. The molecule has 2 heterocycles. The highest BCUT2D eigenvalue weighted by Gasteiger charge is 2.30. The van der Waals surface area contributed by atoms with Crippen LogP contribution in [-0.2, 0) is 17.4 Å². The molecule has 128 valence electrons. The molecule has 0 saturated heterocycles. The van der Waals surface area contributed by atoms with Crippen LogP contribution in [0, 0.1) is 0 Å². The lowest BCUT2D eigenvalue weighted by atomic mass is 10.1. The second kappa shape index (κ2) is 6.71. The van der Waals surface area contributed by atoms with Crippen LogP contribution in [0.4, 0.5) is 18.9 Å². The van der Waals surface area contributed by atoms with E-state index in [1.807, 2.05) is 0 Å². The van der Waals surface area contributed by atoms with Crippen LogP contribution >= 0.6 is 0 Å². The number of rotatable bonds is 4. The average molecular weight is 347 g/mol. The number of hydrogen-bond acceptors (Lipinski definition) is 4. The summed E-state index contributed by atoms with van der Waals surface area (Å²) in [6.45, 7) is 0. The van der Waals surface area contributed by atoms with E-state index in [1.165, 1.54) is 29.2 Å². The van der Waals surface area contributed by atoms with Crippen LogP contribution in [0.5, 0.6) is 0 Å². The summed E-state index contributed by atoms with van der Waals surface area (Å²) in [6, 6.07) is 6.37. The van der Waals surface area contributed by atoms with Gasteiger partial charge in [0, 0.05) is 12.4 Å². The smallest absolute Gasteiger partial charge is 0.323 e. The van der Waals surface area contributed by atoms with E-state index < -0.39 is 17.6 Å². The molecule has 0 aliphatic heterocycles. The van der Waals surface area contributed by atoms with Gasteiger partial charge >= 0.3 is 6.18 Å². The Balaban J connectivity index is 1.65. The molecule has 1 aromatic carbocycles. The number of nitrogens with one attached hydrogen (secondary N) is 1. The molecule has 0 fully saturated rings. The predicted molar refractivity (Wildman–Crippen MR) is 82.9 cm³/mol. The molecule has 1 N–H and O–H groups in total. The van der Waals surface area contributed by atoms with Gasteiger partial charge in [-0.25, -0.2) is 14.6 Å². The fourth-order valence-corrected chi connectivity index (χ4v) is 2.14. The van der Waals surface area contributed by atoms with E-state index >= 15 is 0 Å². The minimum atomic E-state index is -4.44. The van der Waals surface area contributed by atoms with Crippen molar-refractivity contribution >= 4 is 11.6 Å². The first-order chi connectivity index (χ1) is 11.9. The summed E-state index contributed by atoms with van der Waals surface area (Å²) in [5.41, 5.74) is -0.181. The molecule has 0 aliphatic carbocycles. The average Bonchev–Trinajstić information content (AvgIpc) is 3.09. The minimum Gasteiger partial charge on any atom is -0.323 e. The van der Waals surface area contributed by atoms with E-state index in [1.54, 1.807) is 18.5 Å². The normalized spacial score (nSPS) is 11.3. The van der Waals surface area contributed by atoms with Gasteiger partial charge in [-0.1, -0.05) is 18.2 Å². The third-order valence-corrected chi connectivity index (χ3v) is 3.25. The van der Waals surface area contributed by atoms with Crippen LogP contribution in [0.25, 0.3) is 5.95 Å². The summed E-state index contributed by atoms with van der Waals surface area (Å²) in [7, 11) is 0. The molecule has 0 saturated carbocycles. The lowest BCUT2D eigenvalue weighted by Gasteiger charge is -2.09. The Hall–Kier alpha value is -3.23. The third kappa shape index (κ3) is 4.19. The van der Waals surface area contributed by atoms with E-state index in [0.717, 1.165) is 12.1 Å². The Kier molecular flexibility index (Phi) is 4.46. The van der Waals surface area contributed by atoms with Gasteiger partial charge in [-0.2, -0.15) is 18.3 Å². The number of aromatic nitrogens is 4. The van der Waals surface area contributed by atoms with Crippen molar-refractivity contribution in [2.45, 2.75) is 12.6 Å². The van der Waals surface area contributed by atoms with Crippen LogP contribution in [0.3, 0.4) is 0 Å². The topological polar surface area (TPSA) is 72.7 Å². The number of alkyl halides is 3. The molecule has 0 spiro atoms. The number of carbonyl (C=O) groups is 1. The van der Waals surface area contributed by atoms with Gasteiger partial charge in [-0.15, -0.1) is 0 Å². The van der Waals surface area contributed by atoms with Gasteiger partial charge in [0.1, 0.15) is 0 Å². The fourth-order valence-electron chi connectivity index (χ4n) is 2.14. The van der Waals surface area contributed by atoms with Gasteiger partial charge in [0.25, 0.3) is 5.95 Å². The molecule has 25 heavy (non-hydrogen) atoms. The minimum absolute atomic E-state index is 0.190. The Labute approximate surface area is 140 Å². The van der Waals surface area contributed by atoms with Gasteiger partial charge in [0.2, 0.25) is 5.91 Å². The van der Waals surface area contributed by atoms with Crippen molar-refractivity contribution in [2.75, 3.05) is 5.32 Å². The van der Waals surface area contributed by atoms with Crippen LogP contribution in [0.15, 0.2) is 55.1 Å². The van der Waals surface area contributed by atoms with Crippen molar-refractivity contribution in [3.63, 3.8) is 0 Å². The van der Waals surface area contributed by atoms with E-state index in [9.17, 15) is 18.0 Å². The van der Waals surface area contributed by atoms with Crippen LogP contribution in [0.2, 0.25) is 0 Å². The SMILES string of the molecule is O=C(Cc1cccc(C(F)(F)F)c1)Nc1cnc(-n2cccn2)nc1. The maximum Gasteiger partial charge on any atom is 0.416 e. The monoisotopic (exact) mass is 347 g/mol. The van der Waals surface area contributed by atoms with Gasteiger partial charge in [-0.05, 0) is 17.7 Å². The van der Waals surface area contributed by atoms with E-state index in [-0.39, 0.29) is 12.0 Å². The van der Waals surface area contributed by atoms with Crippen molar-refractivity contribution in [3.8, 4) is 5.95 Å². The fraction of sp³-hybridized carbons (Fsp3) is 0.125. The number of nitrogens with zero attached hydrogens (tertiary/aromatic N) is 4. The van der Waals surface area contributed by atoms with Crippen LogP contribution in [-0.4, -0.2) is 25.7 Å². The molecule has 3 rings (SSSR count). The van der Waals surface area contributed by atoms with E-state index in [0.29, 0.717) is 11.6 Å². The molecule has 6 nitrogen and oxygen atoms in total. The zero-order valence-electron chi connectivity index (χ0n) is 12.7. The number of anilines is 1. The summed E-state index contributed by atoms with van der Waals surface area (Å²) >= 11 is 0.